The number of esters is 1. The highest BCUT2D eigenvalue weighted by Crippen LogP contribution is 2.29. The number of carbonyl (C=O) groups excluding carboxylic acids is 1. The summed E-state index contributed by atoms with van der Waals surface area (Å²) < 4.78 is 16.2. The molecule has 0 unspecified atom stereocenters. The minimum Gasteiger partial charge on any atom is -0.493 e. The lowest BCUT2D eigenvalue weighted by Crippen LogP contribution is -2.02. The number of methoxy groups -OCH3 is 1. The molecule has 5 heteroatoms. The van der Waals surface area contributed by atoms with E-state index < -0.39 is 0 Å². The number of para-hydroxylation sites is 1. The Bertz CT molecular complexity index is 995. The largest absolute Gasteiger partial charge is 0.493 e. The lowest BCUT2D eigenvalue weighted by Gasteiger charge is -2.09. The van der Waals surface area contributed by atoms with E-state index >= 15 is 0 Å². The predicted octanol–water partition coefficient (Wildman–Crippen LogP) is 4.74. The average molecular weight is 363 g/mol. The van der Waals surface area contributed by atoms with Crippen molar-refractivity contribution in [1.29, 1.82) is 0 Å². The first-order valence-corrected chi connectivity index (χ1v) is 8.68. The molecular formula is C22H21NO4. The van der Waals surface area contributed by atoms with Crippen LogP contribution in [0.25, 0.3) is 23.1 Å². The Labute approximate surface area is 158 Å². The molecule has 3 aromatic rings. The van der Waals surface area contributed by atoms with Gasteiger partial charge in [-0.3, -0.25) is 4.79 Å². The molecule has 0 saturated heterocycles. The second-order valence-corrected chi connectivity index (χ2v) is 5.83. The fourth-order valence-electron chi connectivity index (χ4n) is 2.71. The molecule has 0 saturated carbocycles. The van der Waals surface area contributed by atoms with Crippen molar-refractivity contribution in [2.24, 2.45) is 0 Å². The van der Waals surface area contributed by atoms with E-state index in [1.807, 2.05) is 61.5 Å². The molecule has 0 aliphatic heterocycles. The van der Waals surface area contributed by atoms with Crippen LogP contribution in [0.4, 0.5) is 0 Å². The highest BCUT2D eigenvalue weighted by molar-refractivity contribution is 5.88. The number of fused-ring (bicyclic) bond motifs is 1. The van der Waals surface area contributed by atoms with Gasteiger partial charge in [0, 0.05) is 12.3 Å². The zero-order valence-corrected chi connectivity index (χ0v) is 15.6. The van der Waals surface area contributed by atoms with Crippen LogP contribution in [0.3, 0.4) is 0 Å². The van der Waals surface area contributed by atoms with Crippen LogP contribution in [0.5, 0.6) is 17.2 Å². The van der Waals surface area contributed by atoms with E-state index in [9.17, 15) is 4.79 Å². The summed E-state index contributed by atoms with van der Waals surface area (Å²) in [6, 6.07) is 15.1. The Morgan fingerprint density at radius 2 is 1.89 bits per heavy atom. The molecule has 0 spiro atoms. The first-order valence-electron chi connectivity index (χ1n) is 8.68. The molecule has 0 atom stereocenters. The quantitative estimate of drug-likeness (QED) is 0.468. The highest BCUT2D eigenvalue weighted by Gasteiger charge is 2.07. The summed E-state index contributed by atoms with van der Waals surface area (Å²) >= 11 is 0. The Hall–Kier alpha value is -3.34. The van der Waals surface area contributed by atoms with Crippen molar-refractivity contribution in [1.82, 2.24) is 4.98 Å². The molecule has 2 aromatic carbocycles. The van der Waals surface area contributed by atoms with Gasteiger partial charge in [-0.05, 0) is 42.8 Å². The summed E-state index contributed by atoms with van der Waals surface area (Å²) in [7, 11) is 1.62. The summed E-state index contributed by atoms with van der Waals surface area (Å²) in [4.78, 5) is 15.9. The molecule has 3 rings (SSSR count). The third-order valence-electron chi connectivity index (χ3n) is 3.89. The summed E-state index contributed by atoms with van der Waals surface area (Å²) in [5, 5.41) is 0.911. The molecule has 1 aromatic heterocycles. The molecular weight excluding hydrogens is 342 g/mol. The fraction of sp³-hybridized carbons (Fsp3) is 0.182. The van der Waals surface area contributed by atoms with Gasteiger partial charge in [-0.15, -0.1) is 0 Å². The fourth-order valence-corrected chi connectivity index (χ4v) is 2.71. The van der Waals surface area contributed by atoms with E-state index in [1.165, 1.54) is 6.92 Å². The molecule has 5 nitrogen and oxygen atoms in total. The number of nitrogens with zero attached hydrogens (tertiary/aromatic N) is 1. The summed E-state index contributed by atoms with van der Waals surface area (Å²) in [5.74, 6) is 1.49. The Morgan fingerprint density at radius 1 is 1.04 bits per heavy atom. The number of benzene rings is 2. The van der Waals surface area contributed by atoms with Crippen LogP contribution in [0, 0.1) is 0 Å². The SMILES string of the molecule is CCOc1cc(/C=C/c2ccc3cccc(OC(C)=O)c3n2)ccc1OC. The van der Waals surface area contributed by atoms with E-state index in [1.54, 1.807) is 13.2 Å². The zero-order chi connectivity index (χ0) is 19.2. The Balaban J connectivity index is 1.92. The normalized spacial score (nSPS) is 10.9. The van der Waals surface area contributed by atoms with Crippen LogP contribution in [0.1, 0.15) is 25.1 Å². The molecule has 0 bridgehead atoms. The highest BCUT2D eigenvalue weighted by atomic mass is 16.5. The van der Waals surface area contributed by atoms with E-state index in [0.29, 0.717) is 29.4 Å². The first kappa shape index (κ1) is 18.5. The van der Waals surface area contributed by atoms with Crippen LogP contribution in [-0.2, 0) is 4.79 Å². The minimum absolute atomic E-state index is 0.369. The summed E-state index contributed by atoms with van der Waals surface area (Å²) in [6.45, 7) is 3.87. The topological polar surface area (TPSA) is 57.7 Å². The van der Waals surface area contributed by atoms with Gasteiger partial charge in [0.25, 0.3) is 0 Å². The Morgan fingerprint density at radius 3 is 2.63 bits per heavy atom. The zero-order valence-electron chi connectivity index (χ0n) is 15.6. The molecule has 27 heavy (non-hydrogen) atoms. The van der Waals surface area contributed by atoms with E-state index in [2.05, 4.69) is 4.98 Å². The van der Waals surface area contributed by atoms with Gasteiger partial charge in [-0.25, -0.2) is 4.98 Å². The second-order valence-electron chi connectivity index (χ2n) is 5.83. The maximum Gasteiger partial charge on any atom is 0.308 e. The van der Waals surface area contributed by atoms with Crippen molar-refractivity contribution >= 4 is 29.0 Å². The van der Waals surface area contributed by atoms with Crippen molar-refractivity contribution in [2.45, 2.75) is 13.8 Å². The van der Waals surface area contributed by atoms with Crippen LogP contribution >= 0.6 is 0 Å². The number of hydrogen-bond acceptors (Lipinski definition) is 5. The number of aromatic nitrogens is 1. The minimum atomic E-state index is -0.369. The van der Waals surface area contributed by atoms with Gasteiger partial charge >= 0.3 is 5.97 Å². The van der Waals surface area contributed by atoms with E-state index in [-0.39, 0.29) is 5.97 Å². The summed E-state index contributed by atoms with van der Waals surface area (Å²) in [5.41, 5.74) is 2.38. The molecule has 138 valence electrons. The van der Waals surface area contributed by atoms with Gasteiger partial charge in [0.1, 0.15) is 5.52 Å². The first-order chi connectivity index (χ1) is 13.1. The smallest absolute Gasteiger partial charge is 0.308 e. The van der Waals surface area contributed by atoms with Crippen LogP contribution < -0.4 is 14.2 Å². The number of ether oxygens (including phenoxy) is 3. The van der Waals surface area contributed by atoms with Crippen molar-refractivity contribution < 1.29 is 19.0 Å². The van der Waals surface area contributed by atoms with Crippen molar-refractivity contribution in [3.05, 3.63) is 59.8 Å². The molecule has 0 aliphatic rings. The van der Waals surface area contributed by atoms with Gasteiger partial charge < -0.3 is 14.2 Å². The number of carbonyl (C=O) groups is 1. The lowest BCUT2D eigenvalue weighted by atomic mass is 10.1. The van der Waals surface area contributed by atoms with Crippen LogP contribution in [0.2, 0.25) is 0 Å². The van der Waals surface area contributed by atoms with Crippen molar-refractivity contribution in [3.63, 3.8) is 0 Å². The molecule has 0 aliphatic carbocycles. The van der Waals surface area contributed by atoms with Gasteiger partial charge in [0.2, 0.25) is 0 Å². The van der Waals surface area contributed by atoms with Gasteiger partial charge in [0.15, 0.2) is 17.2 Å². The summed E-state index contributed by atoms with van der Waals surface area (Å²) in [6.07, 6.45) is 3.85. The van der Waals surface area contributed by atoms with Gasteiger partial charge in [0.05, 0.1) is 19.4 Å². The maximum atomic E-state index is 11.3. The average Bonchev–Trinajstić information content (AvgIpc) is 2.67. The molecule has 1 heterocycles. The molecule has 0 radical (unpaired) electrons. The van der Waals surface area contributed by atoms with Crippen molar-refractivity contribution in [2.75, 3.05) is 13.7 Å². The van der Waals surface area contributed by atoms with E-state index in [0.717, 1.165) is 16.6 Å². The standard InChI is InChI=1S/C22H21NO4/c1-4-26-21-14-16(9-13-19(21)25-3)8-11-18-12-10-17-6-5-7-20(22(17)23-18)27-15(2)24/h5-14H,4H2,1-3H3/b11-8+. The van der Waals surface area contributed by atoms with Crippen LogP contribution in [-0.4, -0.2) is 24.7 Å². The van der Waals surface area contributed by atoms with Crippen LogP contribution in [0.15, 0.2) is 48.5 Å². The lowest BCUT2D eigenvalue weighted by molar-refractivity contribution is -0.131. The molecule has 0 N–H and O–H groups in total. The number of rotatable bonds is 6. The number of pyridine rings is 1. The molecule has 0 fully saturated rings. The van der Waals surface area contributed by atoms with Gasteiger partial charge in [-0.1, -0.05) is 30.3 Å². The monoisotopic (exact) mass is 363 g/mol. The second kappa shape index (κ2) is 8.36. The number of hydrogen-bond donors (Lipinski definition) is 0. The van der Waals surface area contributed by atoms with E-state index in [4.69, 9.17) is 14.2 Å². The predicted molar refractivity (Wildman–Crippen MR) is 106 cm³/mol. The van der Waals surface area contributed by atoms with Crippen molar-refractivity contribution in [3.8, 4) is 17.2 Å². The maximum absolute atomic E-state index is 11.3. The Kier molecular flexibility index (Phi) is 5.71. The van der Waals surface area contributed by atoms with Gasteiger partial charge in [-0.2, -0.15) is 0 Å². The molecule has 0 amide bonds. The third kappa shape index (κ3) is 4.44. The third-order valence-corrected chi connectivity index (χ3v) is 3.89.